The summed E-state index contributed by atoms with van der Waals surface area (Å²) in [7, 11) is 0. The zero-order valence-electron chi connectivity index (χ0n) is 16.0. The van der Waals surface area contributed by atoms with E-state index in [2.05, 4.69) is 0 Å². The third-order valence-corrected chi connectivity index (χ3v) is 4.37. The number of benzene rings is 3. The summed E-state index contributed by atoms with van der Waals surface area (Å²) in [6.45, 7) is 3.96. The molecule has 3 aromatic rings. The molecule has 0 aliphatic carbocycles. The lowest BCUT2D eigenvalue weighted by Gasteiger charge is -2.09. The summed E-state index contributed by atoms with van der Waals surface area (Å²) in [4.78, 5) is 24.5. The van der Waals surface area contributed by atoms with Crippen LogP contribution >= 0.6 is 0 Å². The molecule has 0 bridgehead atoms. The molecule has 0 saturated heterocycles. The van der Waals surface area contributed by atoms with Gasteiger partial charge in [0.15, 0.2) is 6.61 Å². The predicted molar refractivity (Wildman–Crippen MR) is 108 cm³/mol. The highest BCUT2D eigenvalue weighted by Gasteiger charge is 2.14. The number of hydrogen-bond acceptors (Lipinski definition) is 4. The van der Waals surface area contributed by atoms with E-state index in [1.54, 1.807) is 24.3 Å². The molecule has 0 atom stereocenters. The van der Waals surface area contributed by atoms with Crippen LogP contribution in [0.3, 0.4) is 0 Å². The van der Waals surface area contributed by atoms with Crippen molar-refractivity contribution >= 4 is 11.8 Å². The molecule has 28 heavy (non-hydrogen) atoms. The lowest BCUT2D eigenvalue weighted by molar-refractivity contribution is 0.0474. The molecular formula is C24H22O4. The molecule has 3 rings (SSSR count). The van der Waals surface area contributed by atoms with Crippen molar-refractivity contribution in [3.8, 4) is 5.75 Å². The first-order valence-corrected chi connectivity index (χ1v) is 9.07. The molecule has 3 aromatic carbocycles. The maximum atomic E-state index is 12.3. The standard InChI is InChI=1S/C24H22O4/c1-17-8-9-18(2)22(14-17)23(25)16-28-24(26)20-10-12-21(13-11-20)27-15-19-6-4-3-5-7-19/h3-14H,15-16H2,1-2H3. The highest BCUT2D eigenvalue weighted by molar-refractivity contribution is 6.00. The van der Waals surface area contributed by atoms with Gasteiger partial charge in [-0.3, -0.25) is 4.79 Å². The van der Waals surface area contributed by atoms with E-state index in [0.29, 0.717) is 23.5 Å². The summed E-state index contributed by atoms with van der Waals surface area (Å²) in [5.41, 5.74) is 3.88. The Morgan fingerprint density at radius 3 is 2.29 bits per heavy atom. The Balaban J connectivity index is 1.54. The minimum Gasteiger partial charge on any atom is -0.489 e. The third kappa shape index (κ3) is 5.07. The first-order valence-electron chi connectivity index (χ1n) is 9.07. The van der Waals surface area contributed by atoms with Crippen LogP contribution in [0, 0.1) is 13.8 Å². The smallest absolute Gasteiger partial charge is 0.338 e. The van der Waals surface area contributed by atoms with Gasteiger partial charge < -0.3 is 9.47 Å². The van der Waals surface area contributed by atoms with Gasteiger partial charge in [-0.05, 0) is 55.3 Å². The average Bonchev–Trinajstić information content (AvgIpc) is 2.73. The Labute approximate surface area is 164 Å². The van der Waals surface area contributed by atoms with Crippen LogP contribution in [0.1, 0.15) is 37.4 Å². The van der Waals surface area contributed by atoms with E-state index in [4.69, 9.17) is 9.47 Å². The SMILES string of the molecule is Cc1ccc(C)c(C(=O)COC(=O)c2ccc(OCc3ccccc3)cc2)c1. The quantitative estimate of drug-likeness (QED) is 0.435. The van der Waals surface area contributed by atoms with Gasteiger partial charge in [0.05, 0.1) is 5.56 Å². The van der Waals surface area contributed by atoms with Crippen LogP contribution in [-0.2, 0) is 11.3 Å². The lowest BCUT2D eigenvalue weighted by atomic mass is 10.0. The first-order chi connectivity index (χ1) is 13.5. The summed E-state index contributed by atoms with van der Waals surface area (Å²) >= 11 is 0. The molecule has 0 aliphatic heterocycles. The molecule has 0 aliphatic rings. The molecule has 0 spiro atoms. The largest absolute Gasteiger partial charge is 0.489 e. The van der Waals surface area contributed by atoms with Crippen molar-refractivity contribution in [2.24, 2.45) is 0 Å². The van der Waals surface area contributed by atoms with Gasteiger partial charge in [0, 0.05) is 5.56 Å². The molecule has 0 unspecified atom stereocenters. The monoisotopic (exact) mass is 374 g/mol. The van der Waals surface area contributed by atoms with Crippen LogP contribution in [0.15, 0.2) is 72.8 Å². The van der Waals surface area contributed by atoms with Gasteiger partial charge in [0.25, 0.3) is 0 Å². The molecule has 4 nitrogen and oxygen atoms in total. The Hall–Kier alpha value is -3.40. The summed E-state index contributed by atoms with van der Waals surface area (Å²) in [6, 6.07) is 22.2. The second-order valence-electron chi connectivity index (χ2n) is 6.62. The van der Waals surface area contributed by atoms with Crippen molar-refractivity contribution in [2.45, 2.75) is 20.5 Å². The van der Waals surface area contributed by atoms with Crippen molar-refractivity contribution in [3.05, 3.63) is 101 Å². The molecular weight excluding hydrogens is 352 g/mol. The minimum atomic E-state index is -0.534. The summed E-state index contributed by atoms with van der Waals surface area (Å²) in [6.07, 6.45) is 0. The van der Waals surface area contributed by atoms with Crippen LogP contribution in [0.2, 0.25) is 0 Å². The van der Waals surface area contributed by atoms with Crippen molar-refractivity contribution in [3.63, 3.8) is 0 Å². The Morgan fingerprint density at radius 1 is 0.857 bits per heavy atom. The van der Waals surface area contributed by atoms with Crippen LogP contribution in [-0.4, -0.2) is 18.4 Å². The van der Waals surface area contributed by atoms with Gasteiger partial charge in [0.1, 0.15) is 12.4 Å². The first kappa shape index (κ1) is 19.4. The fourth-order valence-corrected chi connectivity index (χ4v) is 2.76. The van der Waals surface area contributed by atoms with E-state index in [1.165, 1.54) is 0 Å². The Kier molecular flexibility index (Phi) is 6.22. The molecule has 4 heteroatoms. The molecule has 0 aromatic heterocycles. The molecule has 0 N–H and O–H groups in total. The highest BCUT2D eigenvalue weighted by Crippen LogP contribution is 2.16. The van der Waals surface area contributed by atoms with Gasteiger partial charge in [-0.2, -0.15) is 0 Å². The van der Waals surface area contributed by atoms with E-state index in [9.17, 15) is 9.59 Å². The van der Waals surface area contributed by atoms with Crippen LogP contribution < -0.4 is 4.74 Å². The molecule has 0 amide bonds. The van der Waals surface area contributed by atoms with E-state index in [1.807, 2.05) is 62.4 Å². The van der Waals surface area contributed by atoms with E-state index < -0.39 is 5.97 Å². The third-order valence-electron chi connectivity index (χ3n) is 4.37. The normalized spacial score (nSPS) is 10.4. The van der Waals surface area contributed by atoms with Gasteiger partial charge in [-0.15, -0.1) is 0 Å². The maximum Gasteiger partial charge on any atom is 0.338 e. The summed E-state index contributed by atoms with van der Waals surface area (Å²) in [5.74, 6) is -0.0857. The number of Topliss-reactive ketones (excluding diaryl/α,β-unsaturated/α-hetero) is 1. The van der Waals surface area contributed by atoms with E-state index in [0.717, 1.165) is 16.7 Å². The molecule has 0 saturated carbocycles. The number of ketones is 1. The summed E-state index contributed by atoms with van der Waals surface area (Å²) in [5, 5.41) is 0. The Bertz CT molecular complexity index is 960. The van der Waals surface area contributed by atoms with Crippen LogP contribution in [0.25, 0.3) is 0 Å². The van der Waals surface area contributed by atoms with E-state index >= 15 is 0 Å². The second-order valence-corrected chi connectivity index (χ2v) is 6.62. The summed E-state index contributed by atoms with van der Waals surface area (Å²) < 4.78 is 10.9. The maximum absolute atomic E-state index is 12.3. The lowest BCUT2D eigenvalue weighted by Crippen LogP contribution is -2.15. The molecule has 0 fully saturated rings. The van der Waals surface area contributed by atoms with Gasteiger partial charge in [0.2, 0.25) is 5.78 Å². The van der Waals surface area contributed by atoms with Crippen LogP contribution in [0.4, 0.5) is 0 Å². The number of ether oxygens (including phenoxy) is 2. The second kappa shape index (κ2) is 9.00. The van der Waals surface area contributed by atoms with E-state index in [-0.39, 0.29) is 12.4 Å². The van der Waals surface area contributed by atoms with Crippen LogP contribution in [0.5, 0.6) is 5.75 Å². The highest BCUT2D eigenvalue weighted by atomic mass is 16.5. The van der Waals surface area contributed by atoms with Crippen molar-refractivity contribution < 1.29 is 19.1 Å². The number of esters is 1. The predicted octanol–water partition coefficient (Wildman–Crippen LogP) is 4.92. The molecule has 0 radical (unpaired) electrons. The van der Waals surface area contributed by atoms with Gasteiger partial charge in [-0.25, -0.2) is 4.79 Å². The van der Waals surface area contributed by atoms with Gasteiger partial charge in [-0.1, -0.05) is 48.0 Å². The van der Waals surface area contributed by atoms with Crippen molar-refractivity contribution in [1.29, 1.82) is 0 Å². The topological polar surface area (TPSA) is 52.6 Å². The number of carbonyl (C=O) groups is 2. The zero-order valence-corrected chi connectivity index (χ0v) is 16.0. The number of rotatable bonds is 7. The van der Waals surface area contributed by atoms with Crippen molar-refractivity contribution in [2.75, 3.05) is 6.61 Å². The minimum absolute atomic E-state index is 0.211. The Morgan fingerprint density at radius 2 is 1.57 bits per heavy atom. The average molecular weight is 374 g/mol. The van der Waals surface area contributed by atoms with Crippen molar-refractivity contribution in [1.82, 2.24) is 0 Å². The number of carbonyl (C=O) groups excluding carboxylic acids is 2. The van der Waals surface area contributed by atoms with Gasteiger partial charge >= 0.3 is 5.97 Å². The zero-order chi connectivity index (χ0) is 19.9. The fraction of sp³-hybridized carbons (Fsp3) is 0.167. The fourth-order valence-electron chi connectivity index (χ4n) is 2.76. The molecule has 142 valence electrons. The molecule has 0 heterocycles. The number of aryl methyl sites for hydroxylation is 2. The number of hydrogen-bond donors (Lipinski definition) is 0.